The Hall–Kier alpha value is -0.860. The monoisotopic (exact) mass is 232 g/mol. The van der Waals surface area contributed by atoms with E-state index in [0.29, 0.717) is 12.6 Å². The Morgan fingerprint density at radius 1 is 1.29 bits per heavy atom. The van der Waals surface area contributed by atoms with Crippen molar-refractivity contribution in [2.75, 3.05) is 13.6 Å². The molecule has 1 atom stereocenters. The molecule has 0 aliphatic heterocycles. The minimum Gasteiger partial charge on any atom is -0.329 e. The van der Waals surface area contributed by atoms with Crippen LogP contribution in [-0.4, -0.2) is 24.5 Å². The average molecular weight is 232 g/mol. The second-order valence-electron chi connectivity index (χ2n) is 5.31. The second kappa shape index (κ2) is 5.19. The Morgan fingerprint density at radius 2 is 1.88 bits per heavy atom. The predicted octanol–water partition coefficient (Wildman–Crippen LogP) is 2.79. The molecule has 1 saturated carbocycles. The molecule has 1 fully saturated rings. The summed E-state index contributed by atoms with van der Waals surface area (Å²) < 4.78 is 0. The van der Waals surface area contributed by atoms with Gasteiger partial charge in [-0.2, -0.15) is 0 Å². The molecule has 0 spiro atoms. The minimum absolute atomic E-state index is 0.376. The zero-order valence-electron chi connectivity index (χ0n) is 11.2. The van der Waals surface area contributed by atoms with E-state index in [-0.39, 0.29) is 0 Å². The van der Waals surface area contributed by atoms with Crippen LogP contribution in [0.15, 0.2) is 18.2 Å². The maximum atomic E-state index is 6.02. The molecule has 1 unspecified atom stereocenters. The Kier molecular flexibility index (Phi) is 3.85. The Labute approximate surface area is 105 Å². The molecule has 1 aromatic rings. The van der Waals surface area contributed by atoms with Crippen LogP contribution in [0, 0.1) is 13.8 Å². The molecule has 0 aromatic heterocycles. The fourth-order valence-corrected chi connectivity index (χ4v) is 2.89. The number of nitrogens with zero attached hydrogens (tertiary/aromatic N) is 1. The van der Waals surface area contributed by atoms with E-state index in [1.54, 1.807) is 0 Å². The minimum atomic E-state index is 0.376. The van der Waals surface area contributed by atoms with Crippen LogP contribution < -0.4 is 5.73 Å². The van der Waals surface area contributed by atoms with Crippen molar-refractivity contribution in [3.05, 3.63) is 34.9 Å². The maximum Gasteiger partial charge on any atom is 0.0475 e. The fourth-order valence-electron chi connectivity index (χ4n) is 2.89. The summed E-state index contributed by atoms with van der Waals surface area (Å²) in [4.78, 5) is 2.48. The van der Waals surface area contributed by atoms with Gasteiger partial charge >= 0.3 is 0 Å². The van der Waals surface area contributed by atoms with Crippen molar-refractivity contribution in [3.63, 3.8) is 0 Å². The van der Waals surface area contributed by atoms with Crippen molar-refractivity contribution >= 4 is 0 Å². The van der Waals surface area contributed by atoms with Gasteiger partial charge in [-0.15, -0.1) is 0 Å². The number of hydrogen-bond acceptors (Lipinski definition) is 2. The standard InChI is InChI=1S/C15H24N2/c1-11-6-4-7-12(2)15(11)14(10-16)17(3)13-8-5-9-13/h4,6-7,13-14H,5,8-10,16H2,1-3H3. The van der Waals surface area contributed by atoms with E-state index >= 15 is 0 Å². The van der Waals surface area contributed by atoms with Crippen LogP contribution in [-0.2, 0) is 0 Å². The van der Waals surface area contributed by atoms with E-state index in [0.717, 1.165) is 6.04 Å². The van der Waals surface area contributed by atoms with Gasteiger partial charge in [0.05, 0.1) is 0 Å². The lowest BCUT2D eigenvalue weighted by Gasteiger charge is -2.40. The molecule has 1 aromatic carbocycles. The lowest BCUT2D eigenvalue weighted by Crippen LogP contribution is -2.42. The van der Waals surface area contributed by atoms with E-state index in [4.69, 9.17) is 5.73 Å². The molecular formula is C15H24N2. The van der Waals surface area contributed by atoms with Crippen LogP contribution in [0.5, 0.6) is 0 Å². The van der Waals surface area contributed by atoms with Crippen molar-refractivity contribution in [2.45, 2.75) is 45.2 Å². The quantitative estimate of drug-likeness (QED) is 0.865. The van der Waals surface area contributed by atoms with Crippen molar-refractivity contribution in [2.24, 2.45) is 5.73 Å². The zero-order chi connectivity index (χ0) is 12.4. The molecule has 0 bridgehead atoms. The van der Waals surface area contributed by atoms with Crippen LogP contribution in [0.3, 0.4) is 0 Å². The summed E-state index contributed by atoms with van der Waals surface area (Å²) >= 11 is 0. The van der Waals surface area contributed by atoms with Crippen LogP contribution in [0.2, 0.25) is 0 Å². The summed E-state index contributed by atoms with van der Waals surface area (Å²) in [6.45, 7) is 5.10. The summed E-state index contributed by atoms with van der Waals surface area (Å²) in [5, 5.41) is 0. The number of nitrogens with two attached hydrogens (primary N) is 1. The third kappa shape index (κ3) is 2.38. The molecule has 0 amide bonds. The highest BCUT2D eigenvalue weighted by Crippen LogP contribution is 2.32. The average Bonchev–Trinajstić information content (AvgIpc) is 2.21. The summed E-state index contributed by atoms with van der Waals surface area (Å²) in [6.07, 6.45) is 4.04. The summed E-state index contributed by atoms with van der Waals surface area (Å²) in [7, 11) is 2.23. The highest BCUT2D eigenvalue weighted by Gasteiger charge is 2.28. The van der Waals surface area contributed by atoms with Gasteiger partial charge in [-0.25, -0.2) is 0 Å². The lowest BCUT2D eigenvalue weighted by molar-refractivity contribution is 0.113. The Bertz CT molecular complexity index is 362. The molecular weight excluding hydrogens is 208 g/mol. The summed E-state index contributed by atoms with van der Waals surface area (Å²) in [6, 6.07) is 7.63. The van der Waals surface area contributed by atoms with Crippen molar-refractivity contribution < 1.29 is 0 Å². The first kappa shape index (κ1) is 12.6. The Balaban J connectivity index is 2.27. The Morgan fingerprint density at radius 3 is 2.29 bits per heavy atom. The molecule has 94 valence electrons. The van der Waals surface area contributed by atoms with Crippen molar-refractivity contribution in [1.82, 2.24) is 4.90 Å². The highest BCUT2D eigenvalue weighted by atomic mass is 15.2. The largest absolute Gasteiger partial charge is 0.329 e. The first-order chi connectivity index (χ1) is 8.15. The topological polar surface area (TPSA) is 29.3 Å². The van der Waals surface area contributed by atoms with E-state index in [9.17, 15) is 0 Å². The van der Waals surface area contributed by atoms with Crippen LogP contribution >= 0.6 is 0 Å². The summed E-state index contributed by atoms with van der Waals surface area (Å²) in [5.74, 6) is 0. The van der Waals surface area contributed by atoms with Gasteiger partial charge in [-0.05, 0) is 50.4 Å². The van der Waals surface area contributed by atoms with Crippen LogP contribution in [0.25, 0.3) is 0 Å². The normalized spacial score (nSPS) is 18.2. The fraction of sp³-hybridized carbons (Fsp3) is 0.600. The zero-order valence-corrected chi connectivity index (χ0v) is 11.2. The van der Waals surface area contributed by atoms with E-state index in [1.807, 2.05) is 0 Å². The molecule has 0 heterocycles. The third-order valence-electron chi connectivity index (χ3n) is 4.24. The number of benzene rings is 1. The van der Waals surface area contributed by atoms with E-state index in [2.05, 4.69) is 44.0 Å². The molecule has 17 heavy (non-hydrogen) atoms. The van der Waals surface area contributed by atoms with Gasteiger partial charge < -0.3 is 5.73 Å². The number of hydrogen-bond donors (Lipinski definition) is 1. The summed E-state index contributed by atoms with van der Waals surface area (Å²) in [5.41, 5.74) is 10.2. The van der Waals surface area contributed by atoms with Gasteiger partial charge in [0.25, 0.3) is 0 Å². The van der Waals surface area contributed by atoms with Gasteiger partial charge in [-0.3, -0.25) is 4.90 Å². The molecule has 0 saturated heterocycles. The molecule has 0 radical (unpaired) electrons. The van der Waals surface area contributed by atoms with E-state index < -0.39 is 0 Å². The maximum absolute atomic E-state index is 6.02. The van der Waals surface area contributed by atoms with Gasteiger partial charge in [0.15, 0.2) is 0 Å². The number of likely N-dealkylation sites (N-methyl/N-ethyl adjacent to an activating group) is 1. The third-order valence-corrected chi connectivity index (χ3v) is 4.24. The van der Waals surface area contributed by atoms with Crippen molar-refractivity contribution in [3.8, 4) is 0 Å². The molecule has 2 N–H and O–H groups in total. The highest BCUT2D eigenvalue weighted by molar-refractivity contribution is 5.36. The SMILES string of the molecule is Cc1cccc(C)c1C(CN)N(C)C1CCC1. The van der Waals surface area contributed by atoms with Crippen LogP contribution in [0.4, 0.5) is 0 Å². The lowest BCUT2D eigenvalue weighted by atomic mass is 9.88. The number of rotatable bonds is 4. The molecule has 1 aliphatic rings. The van der Waals surface area contributed by atoms with Crippen LogP contribution in [0.1, 0.15) is 42.0 Å². The molecule has 2 heteroatoms. The smallest absolute Gasteiger partial charge is 0.0475 e. The predicted molar refractivity (Wildman–Crippen MR) is 73.1 cm³/mol. The van der Waals surface area contributed by atoms with Gasteiger partial charge in [-0.1, -0.05) is 24.6 Å². The van der Waals surface area contributed by atoms with Crippen molar-refractivity contribution in [1.29, 1.82) is 0 Å². The molecule has 2 rings (SSSR count). The molecule has 1 aliphatic carbocycles. The van der Waals surface area contributed by atoms with Gasteiger partial charge in [0, 0.05) is 18.6 Å². The number of aryl methyl sites for hydroxylation is 2. The van der Waals surface area contributed by atoms with Gasteiger partial charge in [0.1, 0.15) is 0 Å². The van der Waals surface area contributed by atoms with E-state index in [1.165, 1.54) is 36.0 Å². The molecule has 2 nitrogen and oxygen atoms in total. The first-order valence-corrected chi connectivity index (χ1v) is 6.63. The second-order valence-corrected chi connectivity index (χ2v) is 5.31. The first-order valence-electron chi connectivity index (χ1n) is 6.63. The van der Waals surface area contributed by atoms with Gasteiger partial charge in [0.2, 0.25) is 0 Å².